The summed E-state index contributed by atoms with van der Waals surface area (Å²) in [7, 11) is 1.73. The predicted molar refractivity (Wildman–Crippen MR) is 127 cm³/mol. The van der Waals surface area contributed by atoms with Gasteiger partial charge in [0.15, 0.2) is 18.9 Å². The van der Waals surface area contributed by atoms with Crippen molar-refractivity contribution in [1.82, 2.24) is 0 Å². The fourth-order valence-electron chi connectivity index (χ4n) is 3.65. The molecule has 0 unspecified atom stereocenters. The van der Waals surface area contributed by atoms with Crippen molar-refractivity contribution >= 4 is 20.3 Å². The second-order valence-corrected chi connectivity index (χ2v) is 15.4. The number of carbonyl (C=O) groups is 2. The van der Waals surface area contributed by atoms with Crippen molar-refractivity contribution in [3.8, 4) is 11.5 Å². The van der Waals surface area contributed by atoms with E-state index in [0.717, 1.165) is 17.9 Å². The SMILES string of the molecule is COCOc1cc(OC)cc(CCC[C@@H]2OC(C)(C)O[C@@H]2C=O)c1C(=O)OCC[Si](C)(C)C. The van der Waals surface area contributed by atoms with Gasteiger partial charge in [-0.1, -0.05) is 19.6 Å². The number of carbonyl (C=O) groups excluding carboxylic acids is 2. The largest absolute Gasteiger partial charge is 0.497 e. The highest BCUT2D eigenvalue weighted by molar-refractivity contribution is 6.76. The van der Waals surface area contributed by atoms with E-state index < -0.39 is 25.9 Å². The van der Waals surface area contributed by atoms with E-state index in [2.05, 4.69) is 19.6 Å². The van der Waals surface area contributed by atoms with Crippen molar-refractivity contribution in [3.63, 3.8) is 0 Å². The molecule has 0 amide bonds. The van der Waals surface area contributed by atoms with Gasteiger partial charge in [0.1, 0.15) is 23.2 Å². The van der Waals surface area contributed by atoms with Gasteiger partial charge in [-0.3, -0.25) is 0 Å². The fraction of sp³-hybridized carbons (Fsp3) is 0.667. The maximum atomic E-state index is 13.1. The zero-order valence-electron chi connectivity index (χ0n) is 20.9. The average molecular weight is 483 g/mol. The van der Waals surface area contributed by atoms with Crippen LogP contribution in [-0.4, -0.2) is 65.9 Å². The summed E-state index contributed by atoms with van der Waals surface area (Å²) in [5.41, 5.74) is 1.12. The van der Waals surface area contributed by atoms with Crippen LogP contribution in [-0.2, 0) is 30.2 Å². The number of benzene rings is 1. The third-order valence-electron chi connectivity index (χ3n) is 5.31. The van der Waals surface area contributed by atoms with Crippen LogP contribution >= 0.6 is 0 Å². The standard InChI is InChI=1S/C24H38O8Si/c1-24(2)31-19(21(15-25)32-24)10-8-9-17-13-18(28-4)14-20(30-16-27-3)22(17)23(26)29-11-12-33(5,6)7/h13-15,19,21H,8-12,16H2,1-7H3/t19-,21+/m0/s1. The zero-order valence-corrected chi connectivity index (χ0v) is 21.9. The molecule has 0 aromatic heterocycles. The zero-order chi connectivity index (χ0) is 24.6. The molecule has 2 atom stereocenters. The third kappa shape index (κ3) is 8.41. The first-order valence-electron chi connectivity index (χ1n) is 11.3. The van der Waals surface area contributed by atoms with Crippen LogP contribution in [0.15, 0.2) is 12.1 Å². The van der Waals surface area contributed by atoms with Gasteiger partial charge in [0.2, 0.25) is 0 Å². The van der Waals surface area contributed by atoms with Crippen molar-refractivity contribution in [2.75, 3.05) is 27.6 Å². The number of methoxy groups -OCH3 is 2. The summed E-state index contributed by atoms with van der Waals surface area (Å²) < 4.78 is 33.3. The van der Waals surface area contributed by atoms with Gasteiger partial charge in [0, 0.05) is 21.3 Å². The van der Waals surface area contributed by atoms with E-state index in [1.807, 2.05) is 6.07 Å². The Morgan fingerprint density at radius 3 is 2.52 bits per heavy atom. The third-order valence-corrected chi connectivity index (χ3v) is 7.01. The molecule has 1 heterocycles. The summed E-state index contributed by atoms with van der Waals surface area (Å²) in [5, 5.41) is 0. The van der Waals surface area contributed by atoms with Crippen molar-refractivity contribution in [3.05, 3.63) is 23.3 Å². The van der Waals surface area contributed by atoms with Gasteiger partial charge in [0.05, 0.1) is 19.8 Å². The Balaban J connectivity index is 2.21. The van der Waals surface area contributed by atoms with Crippen LogP contribution in [0.4, 0.5) is 0 Å². The van der Waals surface area contributed by atoms with Gasteiger partial charge in [-0.05, 0) is 50.8 Å². The van der Waals surface area contributed by atoms with E-state index in [1.54, 1.807) is 27.0 Å². The van der Waals surface area contributed by atoms with E-state index in [-0.39, 0.29) is 12.9 Å². The molecule has 33 heavy (non-hydrogen) atoms. The van der Waals surface area contributed by atoms with E-state index in [4.69, 9.17) is 28.4 Å². The number of hydrogen-bond donors (Lipinski definition) is 0. The van der Waals surface area contributed by atoms with Crippen LogP contribution in [0, 0.1) is 0 Å². The summed E-state index contributed by atoms with van der Waals surface area (Å²) in [5.74, 6) is -0.290. The normalized spacial score (nSPS) is 19.8. The molecule has 0 spiro atoms. The Morgan fingerprint density at radius 1 is 1.18 bits per heavy atom. The number of hydrogen-bond acceptors (Lipinski definition) is 8. The van der Waals surface area contributed by atoms with E-state index in [0.29, 0.717) is 42.9 Å². The van der Waals surface area contributed by atoms with E-state index in [1.165, 1.54) is 7.11 Å². The summed E-state index contributed by atoms with van der Waals surface area (Å²) in [6, 6.07) is 4.36. The number of rotatable bonds is 13. The second kappa shape index (κ2) is 12.0. The Kier molecular flexibility index (Phi) is 9.90. The molecule has 1 aromatic rings. The van der Waals surface area contributed by atoms with Crippen LogP contribution in [0.25, 0.3) is 0 Å². The van der Waals surface area contributed by atoms with Crippen LogP contribution in [0.3, 0.4) is 0 Å². The van der Waals surface area contributed by atoms with Gasteiger partial charge in [-0.2, -0.15) is 0 Å². The van der Waals surface area contributed by atoms with Gasteiger partial charge >= 0.3 is 5.97 Å². The van der Waals surface area contributed by atoms with Gasteiger partial charge in [-0.15, -0.1) is 0 Å². The van der Waals surface area contributed by atoms with Gasteiger partial charge in [0.25, 0.3) is 0 Å². The van der Waals surface area contributed by atoms with Crippen molar-refractivity contribution in [1.29, 1.82) is 0 Å². The molecule has 1 aliphatic rings. The minimum Gasteiger partial charge on any atom is -0.497 e. The van der Waals surface area contributed by atoms with Crippen molar-refractivity contribution in [2.45, 2.75) is 76.8 Å². The molecule has 9 heteroatoms. The first kappa shape index (κ1) is 27.3. The lowest BCUT2D eigenvalue weighted by Crippen LogP contribution is -2.24. The van der Waals surface area contributed by atoms with E-state index in [9.17, 15) is 9.59 Å². The molecule has 1 aromatic carbocycles. The van der Waals surface area contributed by atoms with Crippen LogP contribution in [0.5, 0.6) is 11.5 Å². The molecule has 0 saturated carbocycles. The Bertz CT molecular complexity index is 802. The molecule has 0 bridgehead atoms. The maximum absolute atomic E-state index is 13.1. The summed E-state index contributed by atoms with van der Waals surface area (Å²) in [4.78, 5) is 24.5. The second-order valence-electron chi connectivity index (χ2n) is 9.82. The molecule has 1 saturated heterocycles. The fourth-order valence-corrected chi connectivity index (χ4v) is 4.36. The highest BCUT2D eigenvalue weighted by atomic mass is 28.3. The number of esters is 1. The number of ether oxygens (including phenoxy) is 6. The molecular formula is C24H38O8Si. The van der Waals surface area contributed by atoms with Gasteiger partial charge in [-0.25, -0.2) is 4.79 Å². The predicted octanol–water partition coefficient (Wildman–Crippen LogP) is 4.21. The first-order valence-corrected chi connectivity index (χ1v) is 15.0. The summed E-state index contributed by atoms with van der Waals surface area (Å²) in [6.07, 6.45) is 1.66. The molecular weight excluding hydrogens is 444 g/mol. The summed E-state index contributed by atoms with van der Waals surface area (Å²) >= 11 is 0. The highest BCUT2D eigenvalue weighted by Gasteiger charge is 2.40. The van der Waals surface area contributed by atoms with Crippen LogP contribution < -0.4 is 9.47 Å². The first-order chi connectivity index (χ1) is 15.5. The molecule has 1 aliphatic heterocycles. The van der Waals surface area contributed by atoms with Crippen molar-refractivity contribution < 1.29 is 38.0 Å². The average Bonchev–Trinajstić information content (AvgIpc) is 3.04. The molecule has 186 valence electrons. The molecule has 8 nitrogen and oxygen atoms in total. The number of aldehydes is 1. The molecule has 0 N–H and O–H groups in total. The smallest absolute Gasteiger partial charge is 0.342 e. The van der Waals surface area contributed by atoms with Crippen LogP contribution in [0.2, 0.25) is 25.7 Å². The lowest BCUT2D eigenvalue weighted by molar-refractivity contribution is -0.150. The molecule has 0 radical (unpaired) electrons. The molecule has 1 fully saturated rings. The Hall–Kier alpha value is -1.94. The lowest BCUT2D eigenvalue weighted by Gasteiger charge is -2.19. The summed E-state index contributed by atoms with van der Waals surface area (Å²) in [6.45, 7) is 10.6. The maximum Gasteiger partial charge on any atom is 0.342 e. The molecule has 2 rings (SSSR count). The van der Waals surface area contributed by atoms with E-state index >= 15 is 0 Å². The minimum atomic E-state index is -1.35. The quantitative estimate of drug-likeness (QED) is 0.179. The number of aryl methyl sites for hydroxylation is 1. The Labute approximate surface area is 197 Å². The molecule has 0 aliphatic carbocycles. The Morgan fingerprint density at radius 2 is 1.91 bits per heavy atom. The highest BCUT2D eigenvalue weighted by Crippen LogP contribution is 2.33. The van der Waals surface area contributed by atoms with Crippen LogP contribution in [0.1, 0.15) is 42.6 Å². The lowest BCUT2D eigenvalue weighted by atomic mass is 9.98. The van der Waals surface area contributed by atoms with Gasteiger partial charge < -0.3 is 33.2 Å². The monoisotopic (exact) mass is 482 g/mol. The topological polar surface area (TPSA) is 89.5 Å². The minimum absolute atomic E-state index is 0.00879. The van der Waals surface area contributed by atoms with Crippen molar-refractivity contribution in [2.24, 2.45) is 0 Å².